The van der Waals surface area contributed by atoms with Crippen LogP contribution in [0.3, 0.4) is 0 Å². The number of hydrogen-bond acceptors (Lipinski definition) is 4. The third kappa shape index (κ3) is 4.84. The van der Waals surface area contributed by atoms with Gasteiger partial charge in [0.05, 0.1) is 19.3 Å². The number of H-pyrrole nitrogens is 1. The number of aromatic nitrogens is 1. The van der Waals surface area contributed by atoms with Gasteiger partial charge in [0.1, 0.15) is 0 Å². The Morgan fingerprint density at radius 3 is 2.41 bits per heavy atom. The van der Waals surface area contributed by atoms with Crippen molar-refractivity contribution in [2.75, 3.05) is 25.1 Å². The fourth-order valence-electron chi connectivity index (χ4n) is 3.99. The van der Waals surface area contributed by atoms with E-state index in [9.17, 15) is 9.59 Å². The molecule has 0 radical (unpaired) electrons. The van der Waals surface area contributed by atoms with E-state index in [4.69, 9.17) is 9.47 Å². The largest absolute Gasteiger partial charge is 0.350 e. The number of aromatic amines is 1. The van der Waals surface area contributed by atoms with Crippen molar-refractivity contribution >= 4 is 22.5 Å². The van der Waals surface area contributed by atoms with Gasteiger partial charge in [0.2, 0.25) is 0 Å². The van der Waals surface area contributed by atoms with Gasteiger partial charge >= 0.3 is 6.03 Å². The van der Waals surface area contributed by atoms with Crippen LogP contribution in [0.1, 0.15) is 32.4 Å². The number of anilines is 1. The number of carbonyl (C=O) groups is 1. The lowest BCUT2D eigenvalue weighted by atomic mass is 10.00. The highest BCUT2D eigenvalue weighted by Gasteiger charge is 2.32. The van der Waals surface area contributed by atoms with Crippen LogP contribution in [0.2, 0.25) is 0 Å². The molecule has 1 fully saturated rings. The van der Waals surface area contributed by atoms with Gasteiger partial charge in [0.15, 0.2) is 5.79 Å². The fraction of sp³-hybridized carbons (Fsp3) is 0.360. The van der Waals surface area contributed by atoms with Gasteiger partial charge in [-0.1, -0.05) is 36.4 Å². The molecule has 4 rings (SSSR count). The van der Waals surface area contributed by atoms with Gasteiger partial charge in [-0.3, -0.25) is 4.79 Å². The highest BCUT2D eigenvalue weighted by molar-refractivity contribution is 5.90. The van der Waals surface area contributed by atoms with Crippen LogP contribution in [0.15, 0.2) is 65.6 Å². The Kier molecular flexibility index (Phi) is 6.30. The highest BCUT2D eigenvalue weighted by Crippen LogP contribution is 2.29. The minimum atomic E-state index is -0.617. The monoisotopic (exact) mass is 435 g/mol. The molecule has 0 bridgehead atoms. The molecule has 3 aromatic rings. The minimum Gasteiger partial charge on any atom is -0.350 e. The summed E-state index contributed by atoms with van der Waals surface area (Å²) in [6.07, 6.45) is 1.70. The second kappa shape index (κ2) is 9.14. The molecule has 0 aliphatic carbocycles. The SMILES string of the molecule is C[C@@H](c1c[nH]c(=O)c2ccccc12)N(CC1COC(C)(C)OC1)C(=O)Nc1ccccc1. The number of para-hydroxylation sites is 1. The molecular formula is C25H29N3O4. The second-order valence-electron chi connectivity index (χ2n) is 8.63. The molecule has 1 aromatic heterocycles. The molecule has 2 aromatic carbocycles. The maximum atomic E-state index is 13.4. The van der Waals surface area contributed by atoms with Gasteiger partial charge in [-0.25, -0.2) is 4.79 Å². The average Bonchev–Trinajstić information content (AvgIpc) is 2.79. The molecule has 1 aliphatic heterocycles. The molecule has 1 saturated heterocycles. The standard InChI is InChI=1S/C25H29N3O4/c1-17(22-13-26-23(29)21-12-8-7-11-20(21)22)28(14-18-15-31-25(2,3)32-16-18)24(30)27-19-9-5-4-6-10-19/h4-13,17-18H,14-16H2,1-3H3,(H,26,29)(H,27,30)/t17-/m0/s1. The molecule has 32 heavy (non-hydrogen) atoms. The second-order valence-corrected chi connectivity index (χ2v) is 8.63. The van der Waals surface area contributed by atoms with E-state index in [1.165, 1.54) is 0 Å². The minimum absolute atomic E-state index is 0.0287. The number of amides is 2. The Morgan fingerprint density at radius 2 is 1.72 bits per heavy atom. The third-order valence-corrected chi connectivity index (χ3v) is 5.83. The molecule has 7 heteroatoms. The Bertz CT molecular complexity index is 1130. The number of benzene rings is 2. The summed E-state index contributed by atoms with van der Waals surface area (Å²) >= 11 is 0. The Labute approximate surface area is 187 Å². The van der Waals surface area contributed by atoms with Gasteiger partial charge < -0.3 is 24.7 Å². The van der Waals surface area contributed by atoms with Crippen LogP contribution in [0.25, 0.3) is 10.8 Å². The van der Waals surface area contributed by atoms with Gasteiger partial charge in [-0.05, 0) is 49.9 Å². The van der Waals surface area contributed by atoms with E-state index < -0.39 is 5.79 Å². The summed E-state index contributed by atoms with van der Waals surface area (Å²) in [6.45, 7) is 7.20. The maximum absolute atomic E-state index is 13.4. The number of hydrogen-bond donors (Lipinski definition) is 2. The molecule has 2 heterocycles. The van der Waals surface area contributed by atoms with Gasteiger partial charge in [-0.2, -0.15) is 0 Å². The number of carbonyl (C=O) groups excluding carboxylic acids is 1. The summed E-state index contributed by atoms with van der Waals surface area (Å²) in [7, 11) is 0. The van der Waals surface area contributed by atoms with Gasteiger partial charge in [0.25, 0.3) is 5.56 Å². The molecule has 2 amide bonds. The summed E-state index contributed by atoms with van der Waals surface area (Å²) in [6, 6.07) is 16.3. The van der Waals surface area contributed by atoms with E-state index in [1.807, 2.05) is 69.3 Å². The van der Waals surface area contributed by atoms with Crippen molar-refractivity contribution in [2.45, 2.75) is 32.6 Å². The van der Waals surface area contributed by atoms with Crippen LogP contribution in [0.5, 0.6) is 0 Å². The van der Waals surface area contributed by atoms with Crippen molar-refractivity contribution < 1.29 is 14.3 Å². The summed E-state index contributed by atoms with van der Waals surface area (Å²) in [5, 5.41) is 4.43. The first kappa shape index (κ1) is 22.0. The summed E-state index contributed by atoms with van der Waals surface area (Å²) < 4.78 is 11.6. The first-order chi connectivity index (χ1) is 15.3. The van der Waals surface area contributed by atoms with Crippen LogP contribution in [-0.4, -0.2) is 41.5 Å². The van der Waals surface area contributed by atoms with Crippen molar-refractivity contribution in [1.82, 2.24) is 9.88 Å². The average molecular weight is 436 g/mol. The Hall–Kier alpha value is -3.16. The quantitative estimate of drug-likeness (QED) is 0.617. The number of nitrogens with zero attached hydrogens (tertiary/aromatic N) is 1. The molecule has 1 atom stereocenters. The molecule has 2 N–H and O–H groups in total. The first-order valence-electron chi connectivity index (χ1n) is 10.8. The van der Waals surface area contributed by atoms with E-state index in [1.54, 1.807) is 17.2 Å². The molecule has 0 spiro atoms. The highest BCUT2D eigenvalue weighted by atomic mass is 16.7. The lowest BCUT2D eigenvalue weighted by Crippen LogP contribution is -2.47. The van der Waals surface area contributed by atoms with Crippen molar-refractivity contribution in [1.29, 1.82) is 0 Å². The number of rotatable bonds is 5. The number of urea groups is 1. The number of nitrogens with one attached hydrogen (secondary N) is 2. The number of pyridine rings is 1. The van der Waals surface area contributed by atoms with Gasteiger partial charge in [-0.15, -0.1) is 0 Å². The van der Waals surface area contributed by atoms with Crippen LogP contribution >= 0.6 is 0 Å². The topological polar surface area (TPSA) is 83.7 Å². The predicted molar refractivity (Wildman–Crippen MR) is 125 cm³/mol. The van der Waals surface area contributed by atoms with Crippen molar-refractivity contribution in [3.05, 3.63) is 76.7 Å². The maximum Gasteiger partial charge on any atom is 0.322 e. The lowest BCUT2D eigenvalue weighted by molar-refractivity contribution is -0.263. The smallest absolute Gasteiger partial charge is 0.322 e. The normalized spacial score (nSPS) is 17.1. The Balaban J connectivity index is 1.64. The van der Waals surface area contributed by atoms with E-state index in [0.29, 0.717) is 25.1 Å². The number of ether oxygens (including phenoxy) is 2. The molecule has 1 aliphatic rings. The zero-order valence-electron chi connectivity index (χ0n) is 18.6. The third-order valence-electron chi connectivity index (χ3n) is 5.83. The van der Waals surface area contributed by atoms with Gasteiger partial charge in [0, 0.05) is 29.7 Å². The van der Waals surface area contributed by atoms with E-state index >= 15 is 0 Å². The van der Waals surface area contributed by atoms with Crippen molar-refractivity contribution in [2.24, 2.45) is 5.92 Å². The van der Waals surface area contributed by atoms with Crippen molar-refractivity contribution in [3.63, 3.8) is 0 Å². The van der Waals surface area contributed by atoms with E-state index in [-0.39, 0.29) is 23.6 Å². The summed E-state index contributed by atoms with van der Waals surface area (Å²) in [5.41, 5.74) is 1.45. The summed E-state index contributed by atoms with van der Waals surface area (Å²) in [4.78, 5) is 30.3. The summed E-state index contributed by atoms with van der Waals surface area (Å²) in [5.74, 6) is -0.588. The molecule has 0 unspecified atom stereocenters. The molecular weight excluding hydrogens is 406 g/mol. The molecule has 168 valence electrons. The van der Waals surface area contributed by atoms with Crippen LogP contribution in [0.4, 0.5) is 10.5 Å². The van der Waals surface area contributed by atoms with Crippen LogP contribution < -0.4 is 10.9 Å². The van der Waals surface area contributed by atoms with Crippen molar-refractivity contribution in [3.8, 4) is 0 Å². The van der Waals surface area contributed by atoms with E-state index in [2.05, 4.69) is 10.3 Å². The van der Waals surface area contributed by atoms with E-state index in [0.717, 1.165) is 16.6 Å². The first-order valence-corrected chi connectivity index (χ1v) is 10.8. The van der Waals surface area contributed by atoms with Crippen LogP contribution in [-0.2, 0) is 9.47 Å². The molecule has 0 saturated carbocycles. The van der Waals surface area contributed by atoms with Crippen LogP contribution in [0, 0.1) is 5.92 Å². The fourth-order valence-corrected chi connectivity index (χ4v) is 3.99. The zero-order chi connectivity index (χ0) is 22.7. The zero-order valence-corrected chi connectivity index (χ0v) is 18.6. The lowest BCUT2D eigenvalue weighted by Gasteiger charge is -2.38. The predicted octanol–water partition coefficient (Wildman–Crippen LogP) is 4.52. The number of fused-ring (bicyclic) bond motifs is 1. The Morgan fingerprint density at radius 1 is 1.09 bits per heavy atom. The molecule has 7 nitrogen and oxygen atoms in total.